The van der Waals surface area contributed by atoms with Gasteiger partial charge in [0.05, 0.1) is 11.4 Å². The van der Waals surface area contributed by atoms with Gasteiger partial charge < -0.3 is 10.6 Å². The van der Waals surface area contributed by atoms with E-state index < -0.39 is 0 Å². The van der Waals surface area contributed by atoms with Crippen LogP contribution < -0.4 is 10.6 Å². The Bertz CT molecular complexity index is 421. The third-order valence-electron chi connectivity index (χ3n) is 3.92. The first-order valence-electron chi connectivity index (χ1n) is 6.28. The predicted molar refractivity (Wildman–Crippen MR) is 67.6 cm³/mol. The fourth-order valence-corrected chi connectivity index (χ4v) is 3.02. The van der Waals surface area contributed by atoms with Gasteiger partial charge in [-0.2, -0.15) is 0 Å². The van der Waals surface area contributed by atoms with Gasteiger partial charge in [0.25, 0.3) is 0 Å². The van der Waals surface area contributed by atoms with E-state index in [1.807, 2.05) is 0 Å². The summed E-state index contributed by atoms with van der Waals surface area (Å²) in [4.78, 5) is 4.84. The minimum absolute atomic E-state index is 0.259. The number of piperazine rings is 1. The second-order valence-electron chi connectivity index (χ2n) is 4.98. The Kier molecular flexibility index (Phi) is 2.67. The van der Waals surface area contributed by atoms with Gasteiger partial charge in [0, 0.05) is 25.7 Å². The van der Waals surface area contributed by atoms with Crippen molar-refractivity contribution < 1.29 is 4.39 Å². The fraction of sp³-hybridized carbons (Fsp3) is 0.538. The van der Waals surface area contributed by atoms with Crippen LogP contribution in [0.1, 0.15) is 12.8 Å². The van der Waals surface area contributed by atoms with Crippen LogP contribution >= 0.6 is 0 Å². The van der Waals surface area contributed by atoms with Gasteiger partial charge in [-0.3, -0.25) is 4.90 Å². The summed E-state index contributed by atoms with van der Waals surface area (Å²) in [5.41, 5.74) is 7.43. The van der Waals surface area contributed by atoms with E-state index in [1.165, 1.54) is 31.5 Å². The molecule has 4 heteroatoms. The van der Waals surface area contributed by atoms with Crippen molar-refractivity contribution >= 4 is 11.4 Å². The summed E-state index contributed by atoms with van der Waals surface area (Å²) >= 11 is 0. The molecule has 1 unspecified atom stereocenters. The summed E-state index contributed by atoms with van der Waals surface area (Å²) in [6, 6.07) is 5.37. The Morgan fingerprint density at radius 1 is 1.24 bits per heavy atom. The maximum Gasteiger partial charge on any atom is 0.125 e. The zero-order chi connectivity index (χ0) is 11.8. The van der Waals surface area contributed by atoms with Gasteiger partial charge >= 0.3 is 0 Å². The number of anilines is 2. The summed E-state index contributed by atoms with van der Waals surface area (Å²) in [7, 11) is 0. The summed E-state index contributed by atoms with van der Waals surface area (Å²) in [5.74, 6) is -0.259. The third-order valence-corrected chi connectivity index (χ3v) is 3.92. The van der Waals surface area contributed by atoms with E-state index in [9.17, 15) is 4.39 Å². The van der Waals surface area contributed by atoms with E-state index in [0.717, 1.165) is 25.3 Å². The lowest BCUT2D eigenvalue weighted by Crippen LogP contribution is -2.50. The lowest BCUT2D eigenvalue weighted by Gasteiger charge is -2.39. The molecule has 3 rings (SSSR count). The van der Waals surface area contributed by atoms with E-state index in [2.05, 4.69) is 9.80 Å². The summed E-state index contributed by atoms with van der Waals surface area (Å²) in [5, 5.41) is 0. The Labute approximate surface area is 101 Å². The fourth-order valence-electron chi connectivity index (χ4n) is 3.02. The first kappa shape index (κ1) is 10.8. The van der Waals surface area contributed by atoms with Crippen LogP contribution in [0.3, 0.4) is 0 Å². The summed E-state index contributed by atoms with van der Waals surface area (Å²) < 4.78 is 13.0. The average Bonchev–Trinajstić information content (AvgIpc) is 2.75. The van der Waals surface area contributed by atoms with Gasteiger partial charge in [0.1, 0.15) is 5.82 Å². The van der Waals surface area contributed by atoms with E-state index >= 15 is 0 Å². The quantitative estimate of drug-likeness (QED) is 0.752. The molecule has 1 aromatic carbocycles. The average molecular weight is 235 g/mol. The van der Waals surface area contributed by atoms with Gasteiger partial charge in [-0.25, -0.2) is 4.39 Å². The normalized spacial score (nSPS) is 25.0. The zero-order valence-electron chi connectivity index (χ0n) is 9.90. The number of rotatable bonds is 1. The molecule has 2 fully saturated rings. The van der Waals surface area contributed by atoms with Crippen LogP contribution in [0.5, 0.6) is 0 Å². The molecule has 0 saturated carbocycles. The van der Waals surface area contributed by atoms with Gasteiger partial charge in [-0.05, 0) is 37.6 Å². The molecule has 92 valence electrons. The molecule has 17 heavy (non-hydrogen) atoms. The molecule has 2 aliphatic heterocycles. The standard InChI is InChI=1S/C13H18FN3/c14-10-3-4-13(12(15)8-10)17-7-6-16-5-1-2-11(16)9-17/h3-4,8,11H,1-2,5-7,9,15H2. The molecule has 0 amide bonds. The van der Waals surface area contributed by atoms with Crippen LogP contribution in [-0.2, 0) is 0 Å². The first-order valence-corrected chi connectivity index (χ1v) is 6.28. The molecule has 0 aliphatic carbocycles. The number of benzene rings is 1. The molecule has 2 saturated heterocycles. The van der Waals surface area contributed by atoms with E-state index in [0.29, 0.717) is 11.7 Å². The van der Waals surface area contributed by atoms with Gasteiger partial charge in [0.15, 0.2) is 0 Å². The second-order valence-corrected chi connectivity index (χ2v) is 4.98. The SMILES string of the molecule is Nc1cc(F)ccc1N1CCN2CCCC2C1. The van der Waals surface area contributed by atoms with E-state index in [4.69, 9.17) is 5.73 Å². The number of nitrogen functional groups attached to an aromatic ring is 1. The highest BCUT2D eigenvalue weighted by atomic mass is 19.1. The maximum atomic E-state index is 13.0. The number of fused-ring (bicyclic) bond motifs is 1. The number of halogens is 1. The molecule has 0 bridgehead atoms. The molecule has 0 spiro atoms. The number of nitrogens with two attached hydrogens (primary N) is 1. The van der Waals surface area contributed by atoms with Gasteiger partial charge in [-0.15, -0.1) is 0 Å². The smallest absolute Gasteiger partial charge is 0.125 e. The Morgan fingerprint density at radius 3 is 2.94 bits per heavy atom. The number of nitrogens with zero attached hydrogens (tertiary/aromatic N) is 2. The van der Waals surface area contributed by atoms with Crippen molar-refractivity contribution in [3.63, 3.8) is 0 Å². The van der Waals surface area contributed by atoms with Crippen LogP contribution in [0.15, 0.2) is 18.2 Å². The van der Waals surface area contributed by atoms with Crippen molar-refractivity contribution in [1.82, 2.24) is 4.90 Å². The van der Waals surface area contributed by atoms with Crippen LogP contribution in [-0.4, -0.2) is 37.1 Å². The molecule has 3 nitrogen and oxygen atoms in total. The third kappa shape index (κ3) is 1.97. The van der Waals surface area contributed by atoms with Crippen molar-refractivity contribution in [2.75, 3.05) is 36.8 Å². The van der Waals surface area contributed by atoms with Crippen molar-refractivity contribution in [2.24, 2.45) is 0 Å². The van der Waals surface area contributed by atoms with E-state index in [-0.39, 0.29) is 5.82 Å². The summed E-state index contributed by atoms with van der Waals surface area (Å²) in [6.07, 6.45) is 2.58. The minimum Gasteiger partial charge on any atom is -0.397 e. The predicted octanol–water partition coefficient (Wildman–Crippen LogP) is 1.69. The Morgan fingerprint density at radius 2 is 2.12 bits per heavy atom. The number of hydrogen-bond donors (Lipinski definition) is 1. The maximum absolute atomic E-state index is 13.0. The highest BCUT2D eigenvalue weighted by molar-refractivity contribution is 5.67. The Balaban J connectivity index is 1.80. The van der Waals surface area contributed by atoms with Crippen LogP contribution in [0.25, 0.3) is 0 Å². The minimum atomic E-state index is -0.259. The van der Waals surface area contributed by atoms with Crippen LogP contribution in [0.4, 0.5) is 15.8 Å². The van der Waals surface area contributed by atoms with Crippen molar-refractivity contribution in [1.29, 1.82) is 0 Å². The highest BCUT2D eigenvalue weighted by Crippen LogP contribution is 2.29. The van der Waals surface area contributed by atoms with Gasteiger partial charge in [-0.1, -0.05) is 0 Å². The molecule has 0 radical (unpaired) electrons. The molecule has 2 aliphatic rings. The topological polar surface area (TPSA) is 32.5 Å². The van der Waals surface area contributed by atoms with Crippen molar-refractivity contribution in [2.45, 2.75) is 18.9 Å². The molecule has 2 heterocycles. The molecule has 1 atom stereocenters. The highest BCUT2D eigenvalue weighted by Gasteiger charge is 2.31. The molecular formula is C13H18FN3. The van der Waals surface area contributed by atoms with Gasteiger partial charge in [0.2, 0.25) is 0 Å². The molecule has 0 aromatic heterocycles. The molecular weight excluding hydrogens is 217 g/mol. The lowest BCUT2D eigenvalue weighted by atomic mass is 10.1. The van der Waals surface area contributed by atoms with Crippen LogP contribution in [0.2, 0.25) is 0 Å². The Hall–Kier alpha value is -1.29. The zero-order valence-corrected chi connectivity index (χ0v) is 9.90. The summed E-state index contributed by atoms with van der Waals surface area (Å²) in [6.45, 7) is 4.35. The molecule has 2 N–H and O–H groups in total. The van der Waals surface area contributed by atoms with Crippen molar-refractivity contribution in [3.05, 3.63) is 24.0 Å². The van der Waals surface area contributed by atoms with E-state index in [1.54, 1.807) is 6.07 Å². The molecule has 1 aromatic rings. The second kappa shape index (κ2) is 4.18. The number of hydrogen-bond acceptors (Lipinski definition) is 3. The van der Waals surface area contributed by atoms with Crippen molar-refractivity contribution in [3.8, 4) is 0 Å². The largest absolute Gasteiger partial charge is 0.397 e. The van der Waals surface area contributed by atoms with Crippen LogP contribution in [0, 0.1) is 5.82 Å². The lowest BCUT2D eigenvalue weighted by molar-refractivity contribution is 0.231. The first-order chi connectivity index (χ1) is 8.24. The monoisotopic (exact) mass is 235 g/mol.